The number of carbonyl (C=O) groups excluding carboxylic acids is 1. The Morgan fingerprint density at radius 3 is 2.68 bits per heavy atom. The van der Waals surface area contributed by atoms with Crippen LogP contribution in [0.1, 0.15) is 6.42 Å². The molecular formula is C11H12BrFN2O4. The van der Waals surface area contributed by atoms with Gasteiger partial charge in [-0.2, -0.15) is 0 Å². The van der Waals surface area contributed by atoms with E-state index < -0.39 is 23.9 Å². The van der Waals surface area contributed by atoms with Crippen LogP contribution < -0.4 is 10.6 Å². The third-order valence-electron chi connectivity index (χ3n) is 2.20. The van der Waals surface area contributed by atoms with Crippen LogP contribution in [0.3, 0.4) is 0 Å². The number of carboxylic acid groups (broad SMARTS) is 1. The van der Waals surface area contributed by atoms with Gasteiger partial charge in [-0.05, 0) is 34.1 Å². The SMILES string of the molecule is O=C(Nc1cc(F)ccc1Br)NC(CCO)C(=O)O. The van der Waals surface area contributed by atoms with Gasteiger partial charge in [0.2, 0.25) is 0 Å². The first-order valence-electron chi connectivity index (χ1n) is 5.30. The highest BCUT2D eigenvalue weighted by Crippen LogP contribution is 2.22. The number of urea groups is 1. The number of carbonyl (C=O) groups is 2. The molecule has 1 rings (SSSR count). The molecule has 1 aromatic rings. The van der Waals surface area contributed by atoms with Crippen LogP contribution in [0.2, 0.25) is 0 Å². The van der Waals surface area contributed by atoms with Crippen LogP contribution in [0.15, 0.2) is 22.7 Å². The van der Waals surface area contributed by atoms with Gasteiger partial charge < -0.3 is 20.8 Å². The first-order valence-corrected chi connectivity index (χ1v) is 6.09. The predicted octanol–water partition coefficient (Wildman–Crippen LogP) is 1.55. The smallest absolute Gasteiger partial charge is 0.326 e. The molecule has 1 unspecified atom stereocenters. The van der Waals surface area contributed by atoms with Crippen LogP contribution >= 0.6 is 15.9 Å². The number of aliphatic hydroxyl groups excluding tert-OH is 1. The molecule has 0 aliphatic rings. The van der Waals surface area contributed by atoms with E-state index in [-0.39, 0.29) is 18.7 Å². The third kappa shape index (κ3) is 4.84. The lowest BCUT2D eigenvalue weighted by atomic mass is 10.2. The van der Waals surface area contributed by atoms with Crippen LogP contribution in [-0.2, 0) is 4.79 Å². The van der Waals surface area contributed by atoms with Gasteiger partial charge in [0.25, 0.3) is 0 Å². The Bertz CT molecular complexity index is 484. The summed E-state index contributed by atoms with van der Waals surface area (Å²) in [6.07, 6.45) is -0.118. The predicted molar refractivity (Wildman–Crippen MR) is 69.4 cm³/mol. The fourth-order valence-electron chi connectivity index (χ4n) is 1.30. The molecule has 0 bridgehead atoms. The minimum atomic E-state index is -1.26. The van der Waals surface area contributed by atoms with E-state index in [9.17, 15) is 14.0 Å². The molecule has 0 radical (unpaired) electrons. The van der Waals surface area contributed by atoms with Gasteiger partial charge in [-0.25, -0.2) is 14.0 Å². The summed E-state index contributed by atoms with van der Waals surface area (Å²) in [5, 5.41) is 21.9. The van der Waals surface area contributed by atoms with Crippen molar-refractivity contribution in [3.63, 3.8) is 0 Å². The fraction of sp³-hybridized carbons (Fsp3) is 0.273. The van der Waals surface area contributed by atoms with Crippen molar-refractivity contribution in [1.29, 1.82) is 0 Å². The minimum Gasteiger partial charge on any atom is -0.480 e. The first kappa shape index (κ1) is 15.4. The molecule has 6 nitrogen and oxygen atoms in total. The molecule has 8 heteroatoms. The number of aliphatic hydroxyl groups is 1. The molecule has 0 aliphatic carbocycles. The maximum Gasteiger partial charge on any atom is 0.326 e. The zero-order valence-electron chi connectivity index (χ0n) is 9.69. The largest absolute Gasteiger partial charge is 0.480 e. The lowest BCUT2D eigenvalue weighted by Gasteiger charge is -2.14. The highest BCUT2D eigenvalue weighted by Gasteiger charge is 2.19. The van der Waals surface area contributed by atoms with Crippen molar-refractivity contribution in [3.8, 4) is 0 Å². The standard InChI is InChI=1S/C11H12BrFN2O4/c12-7-2-1-6(13)5-9(7)15-11(19)14-8(3-4-16)10(17)18/h1-2,5,8,16H,3-4H2,(H,17,18)(H2,14,15,19). The molecule has 0 aliphatic heterocycles. The Balaban J connectivity index is 2.68. The molecule has 0 aromatic heterocycles. The van der Waals surface area contributed by atoms with Gasteiger partial charge in [0.05, 0.1) is 5.69 Å². The van der Waals surface area contributed by atoms with Gasteiger partial charge in [-0.1, -0.05) is 0 Å². The molecule has 0 saturated carbocycles. The second-order valence-electron chi connectivity index (χ2n) is 3.63. The zero-order valence-corrected chi connectivity index (χ0v) is 11.3. The van der Waals surface area contributed by atoms with E-state index in [1.165, 1.54) is 12.1 Å². The summed E-state index contributed by atoms with van der Waals surface area (Å²) in [7, 11) is 0. The zero-order chi connectivity index (χ0) is 14.4. The summed E-state index contributed by atoms with van der Waals surface area (Å²) in [5.41, 5.74) is 0.172. The summed E-state index contributed by atoms with van der Waals surface area (Å²) < 4.78 is 13.4. The van der Waals surface area contributed by atoms with E-state index in [4.69, 9.17) is 10.2 Å². The fourth-order valence-corrected chi connectivity index (χ4v) is 1.64. The van der Waals surface area contributed by atoms with Crippen molar-refractivity contribution < 1.29 is 24.2 Å². The minimum absolute atomic E-state index is 0.118. The summed E-state index contributed by atoms with van der Waals surface area (Å²) in [6.45, 7) is -0.374. The van der Waals surface area contributed by atoms with Crippen molar-refractivity contribution in [2.24, 2.45) is 0 Å². The Morgan fingerprint density at radius 2 is 2.11 bits per heavy atom. The topological polar surface area (TPSA) is 98.7 Å². The van der Waals surface area contributed by atoms with Gasteiger partial charge in [-0.3, -0.25) is 0 Å². The van der Waals surface area contributed by atoms with Crippen LogP contribution in [0.5, 0.6) is 0 Å². The number of rotatable bonds is 5. The number of benzene rings is 1. The van der Waals surface area contributed by atoms with Crippen LogP contribution in [0.4, 0.5) is 14.9 Å². The van der Waals surface area contributed by atoms with E-state index in [2.05, 4.69) is 26.6 Å². The van der Waals surface area contributed by atoms with Gasteiger partial charge >= 0.3 is 12.0 Å². The number of anilines is 1. The number of halogens is 2. The number of carboxylic acids is 1. The van der Waals surface area contributed by atoms with Crippen molar-refractivity contribution in [2.75, 3.05) is 11.9 Å². The molecule has 1 atom stereocenters. The van der Waals surface area contributed by atoms with Crippen LogP contribution in [-0.4, -0.2) is 34.9 Å². The Kier molecular flexibility index (Phi) is 5.71. The van der Waals surface area contributed by atoms with Crippen LogP contribution in [0.25, 0.3) is 0 Å². The quantitative estimate of drug-likeness (QED) is 0.656. The van der Waals surface area contributed by atoms with E-state index in [0.29, 0.717) is 4.47 Å². The molecule has 19 heavy (non-hydrogen) atoms. The van der Waals surface area contributed by atoms with Crippen molar-refractivity contribution in [2.45, 2.75) is 12.5 Å². The lowest BCUT2D eigenvalue weighted by Crippen LogP contribution is -2.43. The Labute approximate surface area is 116 Å². The highest BCUT2D eigenvalue weighted by molar-refractivity contribution is 9.10. The summed E-state index contributed by atoms with van der Waals surface area (Å²) in [4.78, 5) is 22.3. The summed E-state index contributed by atoms with van der Waals surface area (Å²) in [6, 6.07) is 1.70. The van der Waals surface area contributed by atoms with E-state index in [1.807, 2.05) is 0 Å². The summed E-state index contributed by atoms with van der Waals surface area (Å²) in [5.74, 6) is -1.80. The lowest BCUT2D eigenvalue weighted by molar-refractivity contribution is -0.139. The molecule has 0 fully saturated rings. The molecule has 0 saturated heterocycles. The molecule has 1 aromatic carbocycles. The Morgan fingerprint density at radius 1 is 1.42 bits per heavy atom. The maximum atomic E-state index is 13.0. The monoisotopic (exact) mass is 334 g/mol. The molecular weight excluding hydrogens is 323 g/mol. The second kappa shape index (κ2) is 7.05. The maximum absolute atomic E-state index is 13.0. The normalized spacial score (nSPS) is 11.7. The molecule has 0 heterocycles. The number of nitrogens with one attached hydrogen (secondary N) is 2. The van der Waals surface area contributed by atoms with Gasteiger partial charge in [-0.15, -0.1) is 0 Å². The molecule has 104 valence electrons. The number of amides is 2. The van der Waals surface area contributed by atoms with Gasteiger partial charge in [0.15, 0.2) is 0 Å². The average Bonchev–Trinajstić information content (AvgIpc) is 2.33. The number of hydrogen-bond donors (Lipinski definition) is 4. The number of hydrogen-bond acceptors (Lipinski definition) is 3. The Hall–Kier alpha value is -1.67. The van der Waals surface area contributed by atoms with Gasteiger partial charge in [0, 0.05) is 17.5 Å². The van der Waals surface area contributed by atoms with Crippen molar-refractivity contribution >= 4 is 33.6 Å². The molecule has 4 N–H and O–H groups in total. The number of aliphatic carboxylic acids is 1. The average molecular weight is 335 g/mol. The third-order valence-corrected chi connectivity index (χ3v) is 2.89. The summed E-state index contributed by atoms with van der Waals surface area (Å²) >= 11 is 3.12. The van der Waals surface area contributed by atoms with Gasteiger partial charge in [0.1, 0.15) is 11.9 Å². The first-order chi connectivity index (χ1) is 8.93. The second-order valence-corrected chi connectivity index (χ2v) is 4.48. The molecule has 2 amide bonds. The van der Waals surface area contributed by atoms with E-state index in [0.717, 1.165) is 6.07 Å². The van der Waals surface area contributed by atoms with Crippen molar-refractivity contribution in [1.82, 2.24) is 5.32 Å². The van der Waals surface area contributed by atoms with E-state index >= 15 is 0 Å². The van der Waals surface area contributed by atoms with E-state index in [1.54, 1.807) is 0 Å². The van der Waals surface area contributed by atoms with Crippen LogP contribution in [0, 0.1) is 5.82 Å². The molecule has 0 spiro atoms. The highest BCUT2D eigenvalue weighted by atomic mass is 79.9. The van der Waals surface area contributed by atoms with Crippen molar-refractivity contribution in [3.05, 3.63) is 28.5 Å².